The molecule has 1 saturated heterocycles. The van der Waals surface area contributed by atoms with Crippen LogP contribution in [0.15, 0.2) is 24.3 Å². The van der Waals surface area contributed by atoms with Gasteiger partial charge in [0.25, 0.3) is 5.91 Å². The maximum Gasteiger partial charge on any atom is 0.263 e. The number of ether oxygens (including phenoxy) is 1. The van der Waals surface area contributed by atoms with Crippen LogP contribution in [0.3, 0.4) is 0 Å². The molecule has 1 aliphatic heterocycles. The van der Waals surface area contributed by atoms with Gasteiger partial charge in [-0.3, -0.25) is 9.59 Å². The second kappa shape index (κ2) is 8.68. The SMILES string of the molecule is CCc1ccc(OC(C)C(=O)N2CCN(C(=O)CCN)CC2)cc1. The van der Waals surface area contributed by atoms with E-state index in [1.54, 1.807) is 16.7 Å². The predicted octanol–water partition coefficient (Wildman–Crippen LogP) is 1.04. The number of aryl methyl sites for hydroxylation is 1. The average Bonchev–Trinajstić information content (AvgIpc) is 2.62. The highest BCUT2D eigenvalue weighted by Gasteiger charge is 2.27. The quantitative estimate of drug-likeness (QED) is 0.844. The lowest BCUT2D eigenvalue weighted by atomic mass is 10.2. The zero-order valence-corrected chi connectivity index (χ0v) is 14.5. The molecular formula is C18H27N3O3. The van der Waals surface area contributed by atoms with Crippen molar-refractivity contribution in [1.82, 2.24) is 9.80 Å². The van der Waals surface area contributed by atoms with E-state index in [0.717, 1.165) is 6.42 Å². The van der Waals surface area contributed by atoms with E-state index in [1.807, 2.05) is 24.3 Å². The summed E-state index contributed by atoms with van der Waals surface area (Å²) in [6.45, 7) is 6.42. The van der Waals surface area contributed by atoms with E-state index < -0.39 is 6.10 Å². The van der Waals surface area contributed by atoms with Gasteiger partial charge in [-0.15, -0.1) is 0 Å². The van der Waals surface area contributed by atoms with Crippen molar-refractivity contribution in [3.8, 4) is 5.75 Å². The molecule has 1 aromatic carbocycles. The Hall–Kier alpha value is -2.08. The van der Waals surface area contributed by atoms with E-state index in [0.29, 0.717) is 44.9 Å². The van der Waals surface area contributed by atoms with Crippen molar-refractivity contribution in [2.24, 2.45) is 5.73 Å². The summed E-state index contributed by atoms with van der Waals surface area (Å²) in [7, 11) is 0. The maximum atomic E-state index is 12.5. The van der Waals surface area contributed by atoms with Crippen LogP contribution in [-0.4, -0.2) is 60.4 Å². The van der Waals surface area contributed by atoms with Crippen LogP contribution in [0.1, 0.15) is 25.8 Å². The molecule has 0 bridgehead atoms. The van der Waals surface area contributed by atoms with E-state index >= 15 is 0 Å². The van der Waals surface area contributed by atoms with E-state index in [2.05, 4.69) is 6.92 Å². The summed E-state index contributed by atoms with van der Waals surface area (Å²) in [6.07, 6.45) is 0.798. The third-order valence-corrected chi connectivity index (χ3v) is 4.29. The number of hydrogen-bond donors (Lipinski definition) is 1. The van der Waals surface area contributed by atoms with Crippen LogP contribution in [0.25, 0.3) is 0 Å². The van der Waals surface area contributed by atoms with Crippen molar-refractivity contribution in [3.63, 3.8) is 0 Å². The van der Waals surface area contributed by atoms with Crippen molar-refractivity contribution in [3.05, 3.63) is 29.8 Å². The molecule has 2 amide bonds. The second-order valence-electron chi connectivity index (χ2n) is 6.00. The van der Waals surface area contributed by atoms with Gasteiger partial charge in [0.05, 0.1) is 0 Å². The van der Waals surface area contributed by atoms with Gasteiger partial charge in [0.15, 0.2) is 6.10 Å². The molecule has 1 aliphatic rings. The minimum absolute atomic E-state index is 0.0412. The number of hydrogen-bond acceptors (Lipinski definition) is 4. The summed E-state index contributed by atoms with van der Waals surface area (Å²) in [6, 6.07) is 7.81. The largest absolute Gasteiger partial charge is 0.481 e. The molecule has 0 saturated carbocycles. The fraction of sp³-hybridized carbons (Fsp3) is 0.556. The van der Waals surface area contributed by atoms with Gasteiger partial charge in [0, 0.05) is 39.1 Å². The van der Waals surface area contributed by atoms with Crippen molar-refractivity contribution in [2.45, 2.75) is 32.8 Å². The molecule has 1 fully saturated rings. The van der Waals surface area contributed by atoms with Gasteiger partial charge in [-0.2, -0.15) is 0 Å². The third kappa shape index (κ3) is 4.71. The first-order valence-electron chi connectivity index (χ1n) is 8.57. The Morgan fingerprint density at radius 2 is 1.71 bits per heavy atom. The highest BCUT2D eigenvalue weighted by Crippen LogP contribution is 2.15. The number of nitrogens with two attached hydrogens (primary N) is 1. The van der Waals surface area contributed by atoms with E-state index in [9.17, 15) is 9.59 Å². The molecular weight excluding hydrogens is 306 g/mol. The Bertz CT molecular complexity index is 551. The minimum atomic E-state index is -0.538. The lowest BCUT2D eigenvalue weighted by Gasteiger charge is -2.35. The lowest BCUT2D eigenvalue weighted by Crippen LogP contribution is -2.53. The fourth-order valence-electron chi connectivity index (χ4n) is 2.77. The van der Waals surface area contributed by atoms with Gasteiger partial charge < -0.3 is 20.3 Å². The highest BCUT2D eigenvalue weighted by molar-refractivity contribution is 5.81. The molecule has 24 heavy (non-hydrogen) atoms. The highest BCUT2D eigenvalue weighted by atomic mass is 16.5. The number of amides is 2. The van der Waals surface area contributed by atoms with Gasteiger partial charge in [-0.1, -0.05) is 19.1 Å². The van der Waals surface area contributed by atoms with Gasteiger partial charge in [0.1, 0.15) is 5.75 Å². The molecule has 1 heterocycles. The zero-order valence-electron chi connectivity index (χ0n) is 14.5. The zero-order chi connectivity index (χ0) is 17.5. The number of nitrogens with zero attached hydrogens (tertiary/aromatic N) is 2. The first kappa shape index (κ1) is 18.3. The lowest BCUT2D eigenvalue weighted by molar-refractivity contribution is -0.143. The smallest absolute Gasteiger partial charge is 0.263 e. The average molecular weight is 333 g/mol. The summed E-state index contributed by atoms with van der Waals surface area (Å²) in [4.78, 5) is 27.9. The number of carbonyl (C=O) groups is 2. The first-order valence-corrected chi connectivity index (χ1v) is 8.57. The summed E-state index contributed by atoms with van der Waals surface area (Å²) in [5.74, 6) is 0.718. The summed E-state index contributed by atoms with van der Waals surface area (Å²) >= 11 is 0. The summed E-state index contributed by atoms with van der Waals surface area (Å²) in [5.41, 5.74) is 6.65. The Balaban J connectivity index is 1.84. The molecule has 1 unspecified atom stereocenters. The topological polar surface area (TPSA) is 75.9 Å². The van der Waals surface area contributed by atoms with Gasteiger partial charge >= 0.3 is 0 Å². The summed E-state index contributed by atoms with van der Waals surface area (Å²) < 4.78 is 5.75. The number of benzene rings is 1. The molecule has 6 heteroatoms. The van der Waals surface area contributed by atoms with Crippen LogP contribution in [-0.2, 0) is 16.0 Å². The van der Waals surface area contributed by atoms with Crippen molar-refractivity contribution >= 4 is 11.8 Å². The monoisotopic (exact) mass is 333 g/mol. The van der Waals surface area contributed by atoms with Crippen LogP contribution >= 0.6 is 0 Å². The number of carbonyl (C=O) groups excluding carboxylic acids is 2. The molecule has 0 radical (unpaired) electrons. The molecule has 132 valence electrons. The van der Waals surface area contributed by atoms with Crippen molar-refractivity contribution in [1.29, 1.82) is 0 Å². The Kier molecular flexibility index (Phi) is 6.61. The number of rotatable bonds is 6. The van der Waals surface area contributed by atoms with Crippen LogP contribution in [0.4, 0.5) is 0 Å². The van der Waals surface area contributed by atoms with Crippen molar-refractivity contribution < 1.29 is 14.3 Å². The molecule has 6 nitrogen and oxygen atoms in total. The Labute approximate surface area is 143 Å². The number of piperazine rings is 1. The third-order valence-electron chi connectivity index (χ3n) is 4.29. The second-order valence-corrected chi connectivity index (χ2v) is 6.00. The Morgan fingerprint density at radius 3 is 2.25 bits per heavy atom. The normalized spacial score (nSPS) is 16.0. The first-order chi connectivity index (χ1) is 11.5. The van der Waals surface area contributed by atoms with Crippen LogP contribution in [0, 0.1) is 0 Å². The fourth-order valence-corrected chi connectivity index (χ4v) is 2.77. The van der Waals surface area contributed by atoms with Crippen LogP contribution < -0.4 is 10.5 Å². The molecule has 2 rings (SSSR count). The van der Waals surface area contributed by atoms with Crippen molar-refractivity contribution in [2.75, 3.05) is 32.7 Å². The van der Waals surface area contributed by atoms with E-state index in [4.69, 9.17) is 10.5 Å². The molecule has 0 spiro atoms. The van der Waals surface area contributed by atoms with Gasteiger partial charge in [-0.05, 0) is 31.0 Å². The maximum absolute atomic E-state index is 12.5. The molecule has 0 aliphatic carbocycles. The molecule has 2 N–H and O–H groups in total. The predicted molar refractivity (Wildman–Crippen MR) is 92.7 cm³/mol. The van der Waals surface area contributed by atoms with E-state index in [-0.39, 0.29) is 11.8 Å². The minimum Gasteiger partial charge on any atom is -0.481 e. The standard InChI is InChI=1S/C18H27N3O3/c1-3-15-4-6-16(7-5-15)24-14(2)18(23)21-12-10-20(11-13-21)17(22)8-9-19/h4-7,14H,3,8-13,19H2,1-2H3. The van der Waals surface area contributed by atoms with Crippen LogP contribution in [0.5, 0.6) is 5.75 Å². The summed E-state index contributed by atoms with van der Waals surface area (Å²) in [5, 5.41) is 0. The van der Waals surface area contributed by atoms with E-state index in [1.165, 1.54) is 5.56 Å². The Morgan fingerprint density at radius 1 is 1.12 bits per heavy atom. The molecule has 1 atom stereocenters. The molecule has 0 aromatic heterocycles. The molecule has 1 aromatic rings. The van der Waals surface area contributed by atoms with Crippen LogP contribution in [0.2, 0.25) is 0 Å². The van der Waals surface area contributed by atoms with Gasteiger partial charge in [-0.25, -0.2) is 0 Å². The van der Waals surface area contributed by atoms with Gasteiger partial charge in [0.2, 0.25) is 5.91 Å².